The van der Waals surface area contributed by atoms with Crippen LogP contribution in [0.1, 0.15) is 13.8 Å². The first-order valence-electron chi connectivity index (χ1n) is 4.74. The molecule has 1 aromatic carbocycles. The van der Waals surface area contributed by atoms with E-state index < -0.39 is 0 Å². The van der Waals surface area contributed by atoms with Gasteiger partial charge in [-0.1, -0.05) is 26.0 Å². The number of nitrogens with two attached hydrogens (primary N) is 1. The van der Waals surface area contributed by atoms with Gasteiger partial charge in [0.05, 0.1) is 0 Å². The minimum atomic E-state index is -0.344. The van der Waals surface area contributed by atoms with Gasteiger partial charge in [0.15, 0.2) is 11.6 Å². The molecule has 0 saturated heterocycles. The van der Waals surface area contributed by atoms with Crippen molar-refractivity contribution in [3.05, 3.63) is 30.1 Å². The number of hydrogen-bond donors (Lipinski definition) is 1. The molecule has 3 heteroatoms. The monoisotopic (exact) mass is 197 g/mol. The lowest BCUT2D eigenvalue weighted by molar-refractivity contribution is 0.249. The molecular formula is C11H16FNO. The predicted octanol–water partition coefficient (Wildman–Crippen LogP) is 2.19. The first-order chi connectivity index (χ1) is 6.61. The van der Waals surface area contributed by atoms with E-state index in [0.29, 0.717) is 12.5 Å². The van der Waals surface area contributed by atoms with Crippen molar-refractivity contribution < 1.29 is 9.13 Å². The third-order valence-corrected chi connectivity index (χ3v) is 2.12. The molecule has 2 nitrogen and oxygen atoms in total. The fourth-order valence-corrected chi connectivity index (χ4v) is 0.940. The average molecular weight is 197 g/mol. The molecule has 0 aromatic heterocycles. The quantitative estimate of drug-likeness (QED) is 0.803. The number of ether oxygens (including phenoxy) is 1. The van der Waals surface area contributed by atoms with Crippen molar-refractivity contribution in [2.75, 3.05) is 6.61 Å². The van der Waals surface area contributed by atoms with E-state index in [9.17, 15) is 4.39 Å². The van der Waals surface area contributed by atoms with Crippen LogP contribution in [-0.4, -0.2) is 12.6 Å². The standard InChI is InChI=1S/C11H16FNO/c1-8(2)10(13)7-14-11-6-4-3-5-9(11)12/h3-6,8,10H,7,13H2,1-2H3/t10-/m0/s1. The second-order valence-electron chi connectivity index (χ2n) is 3.65. The summed E-state index contributed by atoms with van der Waals surface area (Å²) in [5, 5.41) is 0. The molecule has 0 saturated carbocycles. The molecule has 0 radical (unpaired) electrons. The van der Waals surface area contributed by atoms with Crippen LogP contribution in [0.25, 0.3) is 0 Å². The Labute approximate surface area is 83.9 Å². The normalized spacial score (nSPS) is 12.9. The molecule has 0 aliphatic rings. The van der Waals surface area contributed by atoms with Crippen molar-refractivity contribution in [2.45, 2.75) is 19.9 Å². The van der Waals surface area contributed by atoms with Crippen LogP contribution in [-0.2, 0) is 0 Å². The molecule has 14 heavy (non-hydrogen) atoms. The molecule has 0 amide bonds. The third-order valence-electron chi connectivity index (χ3n) is 2.12. The molecule has 78 valence electrons. The van der Waals surface area contributed by atoms with Gasteiger partial charge in [0, 0.05) is 6.04 Å². The Bertz CT molecular complexity index is 288. The minimum Gasteiger partial charge on any atom is -0.489 e. The number of halogens is 1. The smallest absolute Gasteiger partial charge is 0.165 e. The highest BCUT2D eigenvalue weighted by Gasteiger charge is 2.09. The summed E-state index contributed by atoms with van der Waals surface area (Å²) in [7, 11) is 0. The predicted molar refractivity (Wildman–Crippen MR) is 54.7 cm³/mol. The van der Waals surface area contributed by atoms with Crippen molar-refractivity contribution >= 4 is 0 Å². The molecule has 0 heterocycles. The Morgan fingerprint density at radius 1 is 1.36 bits per heavy atom. The summed E-state index contributed by atoms with van der Waals surface area (Å²) in [6.45, 7) is 4.36. The molecule has 0 bridgehead atoms. The van der Waals surface area contributed by atoms with Crippen molar-refractivity contribution in [3.8, 4) is 5.75 Å². The minimum absolute atomic E-state index is 0.0605. The van der Waals surface area contributed by atoms with Crippen LogP contribution < -0.4 is 10.5 Å². The zero-order chi connectivity index (χ0) is 10.6. The topological polar surface area (TPSA) is 35.2 Å². The summed E-state index contributed by atoms with van der Waals surface area (Å²) >= 11 is 0. The van der Waals surface area contributed by atoms with Gasteiger partial charge < -0.3 is 10.5 Å². The summed E-state index contributed by atoms with van der Waals surface area (Å²) in [6, 6.07) is 6.28. The van der Waals surface area contributed by atoms with Crippen LogP contribution in [0.3, 0.4) is 0 Å². The maximum absolute atomic E-state index is 13.1. The summed E-state index contributed by atoms with van der Waals surface area (Å²) in [4.78, 5) is 0. The largest absolute Gasteiger partial charge is 0.489 e. The van der Waals surface area contributed by atoms with E-state index in [1.165, 1.54) is 6.07 Å². The summed E-state index contributed by atoms with van der Waals surface area (Å²) in [5.74, 6) is 0.258. The van der Waals surface area contributed by atoms with E-state index in [1.807, 2.05) is 13.8 Å². The van der Waals surface area contributed by atoms with Gasteiger partial charge in [0.1, 0.15) is 6.61 Å². The van der Waals surface area contributed by atoms with Crippen LogP contribution in [0.4, 0.5) is 4.39 Å². The van der Waals surface area contributed by atoms with Crippen LogP contribution >= 0.6 is 0 Å². The van der Waals surface area contributed by atoms with Crippen LogP contribution in [0.15, 0.2) is 24.3 Å². The Morgan fingerprint density at radius 2 is 2.00 bits per heavy atom. The summed E-state index contributed by atoms with van der Waals surface area (Å²) < 4.78 is 18.3. The summed E-state index contributed by atoms with van der Waals surface area (Å²) in [5.41, 5.74) is 5.77. The highest BCUT2D eigenvalue weighted by atomic mass is 19.1. The van der Waals surface area contributed by atoms with Crippen LogP contribution in [0.5, 0.6) is 5.75 Å². The van der Waals surface area contributed by atoms with Crippen molar-refractivity contribution in [1.29, 1.82) is 0 Å². The third kappa shape index (κ3) is 3.00. The van der Waals surface area contributed by atoms with E-state index in [1.54, 1.807) is 18.2 Å². The van der Waals surface area contributed by atoms with E-state index in [-0.39, 0.29) is 17.6 Å². The van der Waals surface area contributed by atoms with Gasteiger partial charge in [0.2, 0.25) is 0 Å². The fraction of sp³-hybridized carbons (Fsp3) is 0.455. The fourth-order valence-electron chi connectivity index (χ4n) is 0.940. The lowest BCUT2D eigenvalue weighted by Gasteiger charge is -2.16. The molecule has 0 aliphatic carbocycles. The van der Waals surface area contributed by atoms with Gasteiger partial charge in [-0.15, -0.1) is 0 Å². The van der Waals surface area contributed by atoms with E-state index in [2.05, 4.69) is 0 Å². The van der Waals surface area contributed by atoms with Crippen molar-refractivity contribution in [1.82, 2.24) is 0 Å². The van der Waals surface area contributed by atoms with Gasteiger partial charge in [-0.25, -0.2) is 4.39 Å². The first-order valence-corrected chi connectivity index (χ1v) is 4.74. The molecule has 1 rings (SSSR count). The molecule has 1 aromatic rings. The van der Waals surface area contributed by atoms with Gasteiger partial charge in [-0.05, 0) is 18.1 Å². The highest BCUT2D eigenvalue weighted by molar-refractivity contribution is 5.23. The zero-order valence-electron chi connectivity index (χ0n) is 8.53. The molecule has 0 unspecified atom stereocenters. The Kier molecular flexibility index (Phi) is 3.89. The van der Waals surface area contributed by atoms with Gasteiger partial charge in [-0.2, -0.15) is 0 Å². The Morgan fingerprint density at radius 3 is 2.57 bits per heavy atom. The average Bonchev–Trinajstić information content (AvgIpc) is 2.16. The molecule has 2 N–H and O–H groups in total. The van der Waals surface area contributed by atoms with Gasteiger partial charge in [0.25, 0.3) is 0 Å². The van der Waals surface area contributed by atoms with Gasteiger partial charge >= 0.3 is 0 Å². The molecular weight excluding hydrogens is 181 g/mol. The highest BCUT2D eigenvalue weighted by Crippen LogP contribution is 2.15. The van der Waals surface area contributed by atoms with Crippen molar-refractivity contribution in [2.24, 2.45) is 11.7 Å². The first kappa shape index (κ1) is 11.0. The number of rotatable bonds is 4. The number of hydrogen-bond acceptors (Lipinski definition) is 2. The maximum atomic E-state index is 13.1. The number of para-hydroxylation sites is 1. The second-order valence-corrected chi connectivity index (χ2v) is 3.65. The lowest BCUT2D eigenvalue weighted by atomic mass is 10.1. The Balaban J connectivity index is 2.50. The number of benzene rings is 1. The van der Waals surface area contributed by atoms with Gasteiger partial charge in [-0.3, -0.25) is 0 Å². The van der Waals surface area contributed by atoms with Crippen LogP contribution in [0.2, 0.25) is 0 Å². The maximum Gasteiger partial charge on any atom is 0.165 e. The summed E-state index contributed by atoms with van der Waals surface area (Å²) in [6.07, 6.45) is 0. The molecule has 0 spiro atoms. The Hall–Kier alpha value is -1.09. The zero-order valence-corrected chi connectivity index (χ0v) is 8.53. The molecule has 1 atom stereocenters. The SMILES string of the molecule is CC(C)[C@@H](N)COc1ccccc1F. The van der Waals surface area contributed by atoms with Crippen molar-refractivity contribution in [3.63, 3.8) is 0 Å². The lowest BCUT2D eigenvalue weighted by Crippen LogP contribution is -2.33. The molecule has 0 fully saturated rings. The van der Waals surface area contributed by atoms with E-state index >= 15 is 0 Å². The molecule has 0 aliphatic heterocycles. The second kappa shape index (κ2) is 4.96. The van der Waals surface area contributed by atoms with Crippen LogP contribution in [0, 0.1) is 11.7 Å². The van der Waals surface area contributed by atoms with E-state index in [0.717, 1.165) is 0 Å². The van der Waals surface area contributed by atoms with E-state index in [4.69, 9.17) is 10.5 Å².